The molecule has 0 atom stereocenters. The Morgan fingerprint density at radius 3 is 1.12 bits per heavy atom. The smallest absolute Gasteiger partial charge is 1.00 e. The summed E-state index contributed by atoms with van der Waals surface area (Å²) in [7, 11) is -10.3. The van der Waals surface area contributed by atoms with Crippen molar-refractivity contribution in [2.45, 2.75) is 0 Å². The molecule has 9 nitrogen and oxygen atoms in total. The number of hydrogen-bond acceptors (Lipinski definition) is 5. The Morgan fingerprint density at radius 1 is 0.812 bits per heavy atom. The first kappa shape index (κ1) is 32.5. The van der Waals surface area contributed by atoms with Crippen molar-refractivity contribution in [3.05, 3.63) is 0 Å². The van der Waals surface area contributed by atoms with Gasteiger partial charge in [0.2, 0.25) is 0 Å². The molecule has 0 spiro atoms. The summed E-state index contributed by atoms with van der Waals surface area (Å²) in [5.41, 5.74) is 0. The van der Waals surface area contributed by atoms with E-state index in [4.69, 9.17) is 19.6 Å². The Hall–Kier alpha value is 4.61. The number of carbonyl (C=O) groups is 1. The molecule has 0 unspecified atom stereocenters. The van der Waals surface area contributed by atoms with Gasteiger partial charge in [0.1, 0.15) is 0 Å². The first-order valence-corrected chi connectivity index (χ1v) is 5.20. The number of phosphoric acid groups is 2. The van der Waals surface area contributed by atoms with E-state index in [-0.39, 0.29) is 162 Å². The minimum absolute atomic E-state index is 0. The van der Waals surface area contributed by atoms with E-state index < -0.39 is 21.8 Å². The van der Waals surface area contributed by atoms with Crippen LogP contribution in [0.1, 0.15) is 11.4 Å². The van der Waals surface area contributed by atoms with Crippen LogP contribution in [-0.4, -0.2) is 177 Å². The van der Waals surface area contributed by atoms with Crippen LogP contribution in [-0.2, 0) is 18.2 Å². The molecule has 0 fully saturated rings. The van der Waals surface area contributed by atoms with E-state index in [0.29, 0.717) is 0 Å². The van der Waals surface area contributed by atoms with Gasteiger partial charge in [0.25, 0.3) is 0 Å². The third-order valence-electron chi connectivity index (χ3n) is 0.387. The van der Waals surface area contributed by atoms with Crippen molar-refractivity contribution >= 4 is 173 Å². The monoisotopic (exact) mass is 390 g/mol. The minimum atomic E-state index is -5.13. The molecule has 0 aromatic rings. The quantitative estimate of drug-likeness (QED) is 0.333. The van der Waals surface area contributed by atoms with Gasteiger partial charge in [-0.25, -0.2) is 13.9 Å². The molecule has 0 rings (SSSR count). The van der Waals surface area contributed by atoms with E-state index in [0.717, 1.165) is 0 Å². The topological polar surface area (TPSA) is 151 Å². The molecule has 0 radical (unpaired) electrons. The Balaban J connectivity index is -0.00000000917. The molecule has 0 aliphatic rings. The SMILES string of the molecule is O=C(OP(=O)(O)O)OP(=O)(O)O.[Ca+2].[Ca+2].[Ca+2].[Ca+2].[H-].[H-].[H-].[H-].[H-].[H-].[H-].[H-]. The van der Waals surface area contributed by atoms with E-state index in [1.54, 1.807) is 0 Å². The van der Waals surface area contributed by atoms with Gasteiger partial charge in [-0.3, -0.25) is 19.6 Å². The summed E-state index contributed by atoms with van der Waals surface area (Å²) in [5.74, 6) is 0. The Kier molecular flexibility index (Phi) is 29.6. The predicted octanol–water partition coefficient (Wildman–Crippen LogP) is -1.30. The Morgan fingerprint density at radius 2 is 1.00 bits per heavy atom. The second kappa shape index (κ2) is 14.5. The van der Waals surface area contributed by atoms with Gasteiger partial charge in [-0.2, -0.15) is 0 Å². The standard InChI is InChI=1S/CH4O9P2.4Ca.8H/c2-1(9-11(3,4)5)10-12(6,7)8;;;;;;;;;;;;/h(H2,3,4,5)(H2,6,7,8);;;;;;;;;;;;/q;4*+2;8*-1. The van der Waals surface area contributed by atoms with Crippen molar-refractivity contribution < 1.29 is 54.0 Å². The van der Waals surface area contributed by atoms with Gasteiger partial charge in [-0.05, 0) is 0 Å². The predicted molar refractivity (Wildman–Crippen MR) is 63.6 cm³/mol. The van der Waals surface area contributed by atoms with Crippen LogP contribution in [0.4, 0.5) is 4.79 Å². The Labute approximate surface area is 222 Å². The van der Waals surface area contributed by atoms with E-state index in [1.807, 2.05) is 0 Å². The first-order chi connectivity index (χ1) is 5.10. The van der Waals surface area contributed by atoms with Crippen molar-refractivity contribution in [2.75, 3.05) is 0 Å². The van der Waals surface area contributed by atoms with Crippen LogP contribution >= 0.6 is 15.6 Å². The minimum Gasteiger partial charge on any atom is -1.00 e. The van der Waals surface area contributed by atoms with Crippen molar-refractivity contribution in [2.24, 2.45) is 0 Å². The molecular formula is CH12Ca4O9P2. The van der Waals surface area contributed by atoms with Crippen molar-refractivity contribution in [1.82, 2.24) is 0 Å². The summed E-state index contributed by atoms with van der Waals surface area (Å²) in [6, 6.07) is 0. The first-order valence-electron chi connectivity index (χ1n) is 2.14. The number of phosphoric ester groups is 2. The normalized spacial score (nSPS) is 9.25. The summed E-state index contributed by atoms with van der Waals surface area (Å²) in [6.07, 6.45) is -2.14. The zero-order valence-corrected chi connectivity index (χ0v) is 18.7. The second-order valence-electron chi connectivity index (χ2n) is 1.41. The number of rotatable bonds is 2. The second-order valence-corrected chi connectivity index (χ2v) is 3.74. The zero-order valence-electron chi connectivity index (χ0n) is 16.1. The molecule has 0 aromatic carbocycles. The van der Waals surface area contributed by atoms with Crippen molar-refractivity contribution in [1.29, 1.82) is 0 Å². The van der Waals surface area contributed by atoms with E-state index >= 15 is 0 Å². The molecule has 0 amide bonds. The fourth-order valence-corrected chi connectivity index (χ4v) is 0.733. The Bertz CT molecular complexity index is 263. The average molecular weight is 390 g/mol. The fourth-order valence-electron chi connectivity index (χ4n) is 0.211. The maximum Gasteiger partial charge on any atom is 2.00 e. The molecule has 0 aromatic heterocycles. The van der Waals surface area contributed by atoms with Crippen LogP contribution < -0.4 is 0 Å². The van der Waals surface area contributed by atoms with Crippen molar-refractivity contribution in [3.63, 3.8) is 0 Å². The van der Waals surface area contributed by atoms with Gasteiger partial charge in [0, 0.05) is 0 Å². The van der Waals surface area contributed by atoms with Crippen LogP contribution in [0, 0.1) is 0 Å². The summed E-state index contributed by atoms with van der Waals surface area (Å²) in [4.78, 5) is 41.7. The number of carbonyl (C=O) groups excluding carboxylic acids is 1. The van der Waals surface area contributed by atoms with Gasteiger partial charge in [0.15, 0.2) is 0 Å². The van der Waals surface area contributed by atoms with Crippen LogP contribution in [0.25, 0.3) is 0 Å². The summed E-state index contributed by atoms with van der Waals surface area (Å²) < 4.78 is 25.9. The van der Waals surface area contributed by atoms with E-state index in [1.165, 1.54) is 0 Å². The molecule has 0 aliphatic carbocycles. The van der Waals surface area contributed by atoms with Gasteiger partial charge in [0.05, 0.1) is 0 Å². The molecule has 0 saturated heterocycles. The van der Waals surface area contributed by atoms with Crippen molar-refractivity contribution in [3.8, 4) is 0 Å². The molecular weight excluding hydrogens is 378 g/mol. The third-order valence-corrected chi connectivity index (χ3v) is 1.16. The molecule has 88 valence electrons. The average Bonchev–Trinajstić information content (AvgIpc) is 1.49. The van der Waals surface area contributed by atoms with Gasteiger partial charge < -0.3 is 20.5 Å². The molecule has 0 aliphatic heterocycles. The fraction of sp³-hybridized carbons (Fsp3) is 0. The third kappa shape index (κ3) is 27.0. The zero-order chi connectivity index (χ0) is 9.99. The van der Waals surface area contributed by atoms with E-state index in [2.05, 4.69) is 9.05 Å². The van der Waals surface area contributed by atoms with Crippen LogP contribution in [0.3, 0.4) is 0 Å². The van der Waals surface area contributed by atoms with Gasteiger partial charge >= 0.3 is 173 Å². The molecule has 4 N–H and O–H groups in total. The van der Waals surface area contributed by atoms with Crippen LogP contribution in [0.15, 0.2) is 0 Å². The number of hydrogen-bond donors (Lipinski definition) is 4. The van der Waals surface area contributed by atoms with Gasteiger partial charge in [-0.1, -0.05) is 0 Å². The largest absolute Gasteiger partial charge is 2.00 e. The summed E-state index contributed by atoms with van der Waals surface area (Å²) >= 11 is 0. The van der Waals surface area contributed by atoms with E-state index in [9.17, 15) is 13.9 Å². The maximum atomic E-state index is 10.0. The van der Waals surface area contributed by atoms with Gasteiger partial charge in [-0.15, -0.1) is 0 Å². The summed E-state index contributed by atoms with van der Waals surface area (Å²) in [6.45, 7) is 0. The molecule has 0 saturated carbocycles. The summed E-state index contributed by atoms with van der Waals surface area (Å²) in [5, 5.41) is 0. The molecule has 0 bridgehead atoms. The maximum absolute atomic E-state index is 10.0. The van der Waals surface area contributed by atoms with Crippen LogP contribution in [0.2, 0.25) is 0 Å². The van der Waals surface area contributed by atoms with Crippen LogP contribution in [0.5, 0.6) is 0 Å². The molecule has 0 heterocycles. The molecule has 15 heteroatoms. The molecule has 16 heavy (non-hydrogen) atoms.